The Balaban J connectivity index is 2.34. The van der Waals surface area contributed by atoms with Gasteiger partial charge in [-0.15, -0.1) is 11.3 Å². The average molecular weight is 327 g/mol. The third-order valence-electron chi connectivity index (χ3n) is 3.15. The van der Waals surface area contributed by atoms with Gasteiger partial charge in [-0.25, -0.2) is 0 Å². The fourth-order valence-electron chi connectivity index (χ4n) is 2.09. The Morgan fingerprint density at radius 2 is 2.05 bits per heavy atom. The van der Waals surface area contributed by atoms with E-state index in [1.54, 1.807) is 44.6 Å². The first kappa shape index (κ1) is 15.7. The molecule has 0 radical (unpaired) electrons. The van der Waals surface area contributed by atoms with Gasteiger partial charge >= 0.3 is 5.97 Å². The Morgan fingerprint density at radius 3 is 2.57 bits per heavy atom. The SMILES string of the molecule is COc1ccc(OC)c(CC(C(=O)O)c2ccc(Cl)s2)c1. The van der Waals surface area contributed by atoms with Crippen LogP contribution in [0.1, 0.15) is 16.4 Å². The highest BCUT2D eigenvalue weighted by atomic mass is 35.5. The third kappa shape index (κ3) is 3.68. The van der Waals surface area contributed by atoms with Crippen molar-refractivity contribution in [3.05, 3.63) is 45.1 Å². The second-order valence-electron chi connectivity index (χ2n) is 4.41. The van der Waals surface area contributed by atoms with E-state index in [2.05, 4.69) is 0 Å². The summed E-state index contributed by atoms with van der Waals surface area (Å²) in [7, 11) is 3.13. The minimum Gasteiger partial charge on any atom is -0.497 e. The molecule has 0 aliphatic rings. The maximum Gasteiger partial charge on any atom is 0.312 e. The van der Waals surface area contributed by atoms with Crippen LogP contribution in [-0.4, -0.2) is 25.3 Å². The monoisotopic (exact) mass is 326 g/mol. The molecule has 0 aliphatic carbocycles. The molecule has 2 aromatic rings. The molecule has 0 fully saturated rings. The van der Waals surface area contributed by atoms with Crippen LogP contribution >= 0.6 is 22.9 Å². The van der Waals surface area contributed by atoms with Gasteiger partial charge in [-0.3, -0.25) is 4.79 Å². The normalized spacial score (nSPS) is 12.0. The van der Waals surface area contributed by atoms with Crippen molar-refractivity contribution in [3.63, 3.8) is 0 Å². The molecule has 112 valence electrons. The number of hydrogen-bond donors (Lipinski definition) is 1. The number of carboxylic acid groups (broad SMARTS) is 1. The molecule has 0 amide bonds. The Kier molecular flexibility index (Phi) is 5.09. The quantitative estimate of drug-likeness (QED) is 0.876. The zero-order chi connectivity index (χ0) is 15.4. The molecule has 1 N–H and O–H groups in total. The lowest BCUT2D eigenvalue weighted by molar-refractivity contribution is -0.138. The van der Waals surface area contributed by atoms with Gasteiger partial charge in [0.15, 0.2) is 0 Å². The van der Waals surface area contributed by atoms with E-state index in [-0.39, 0.29) is 0 Å². The smallest absolute Gasteiger partial charge is 0.312 e. The molecule has 1 unspecified atom stereocenters. The zero-order valence-corrected chi connectivity index (χ0v) is 13.2. The van der Waals surface area contributed by atoms with Crippen LogP contribution in [0.3, 0.4) is 0 Å². The summed E-state index contributed by atoms with van der Waals surface area (Å²) in [4.78, 5) is 12.3. The van der Waals surface area contributed by atoms with Crippen LogP contribution < -0.4 is 9.47 Å². The molecule has 0 bridgehead atoms. The van der Waals surface area contributed by atoms with Crippen molar-refractivity contribution in [1.29, 1.82) is 0 Å². The first-order chi connectivity index (χ1) is 10.0. The van der Waals surface area contributed by atoms with Gasteiger partial charge in [0.05, 0.1) is 24.5 Å². The molecule has 1 heterocycles. The molecule has 1 aromatic carbocycles. The Hall–Kier alpha value is -1.72. The van der Waals surface area contributed by atoms with Gasteiger partial charge in [0.2, 0.25) is 0 Å². The predicted molar refractivity (Wildman–Crippen MR) is 83.0 cm³/mol. The van der Waals surface area contributed by atoms with E-state index in [1.807, 2.05) is 0 Å². The molecule has 0 saturated carbocycles. The molecule has 0 spiro atoms. The van der Waals surface area contributed by atoms with Crippen molar-refractivity contribution in [3.8, 4) is 11.5 Å². The summed E-state index contributed by atoms with van der Waals surface area (Å²) >= 11 is 7.18. The van der Waals surface area contributed by atoms with Crippen molar-refractivity contribution in [1.82, 2.24) is 0 Å². The Morgan fingerprint density at radius 1 is 1.29 bits per heavy atom. The Labute approximate surface area is 131 Å². The molecule has 4 nitrogen and oxygen atoms in total. The highest BCUT2D eigenvalue weighted by Crippen LogP contribution is 2.34. The van der Waals surface area contributed by atoms with E-state index in [1.165, 1.54) is 11.3 Å². The summed E-state index contributed by atoms with van der Waals surface area (Å²) in [5.41, 5.74) is 0.786. The molecule has 6 heteroatoms. The second kappa shape index (κ2) is 6.83. The van der Waals surface area contributed by atoms with Gasteiger partial charge in [0, 0.05) is 4.88 Å². The minimum absolute atomic E-state index is 0.312. The molecular formula is C15H15ClO4S. The topological polar surface area (TPSA) is 55.8 Å². The van der Waals surface area contributed by atoms with Gasteiger partial charge < -0.3 is 14.6 Å². The third-order valence-corrected chi connectivity index (χ3v) is 4.49. The molecule has 1 atom stereocenters. The summed E-state index contributed by atoms with van der Waals surface area (Å²) in [5.74, 6) is -0.245. The highest BCUT2D eigenvalue weighted by Gasteiger charge is 2.24. The van der Waals surface area contributed by atoms with Crippen LogP contribution in [0, 0.1) is 0 Å². The highest BCUT2D eigenvalue weighted by molar-refractivity contribution is 7.16. The minimum atomic E-state index is -0.890. The standard InChI is InChI=1S/C15H15ClO4S/c1-19-10-3-4-12(20-2)9(7-10)8-11(15(17)18)13-5-6-14(16)21-13/h3-7,11H,8H2,1-2H3,(H,17,18). The van der Waals surface area contributed by atoms with Crippen LogP contribution in [-0.2, 0) is 11.2 Å². The zero-order valence-electron chi connectivity index (χ0n) is 11.6. The Bertz CT molecular complexity index is 638. The van der Waals surface area contributed by atoms with E-state index in [4.69, 9.17) is 21.1 Å². The predicted octanol–water partition coefficient (Wildman–Crippen LogP) is 3.83. The van der Waals surface area contributed by atoms with Gasteiger partial charge in [-0.1, -0.05) is 11.6 Å². The number of thiophene rings is 1. The van der Waals surface area contributed by atoms with Crippen molar-refractivity contribution < 1.29 is 19.4 Å². The number of halogens is 1. The maximum absolute atomic E-state index is 11.6. The van der Waals surface area contributed by atoms with E-state index in [9.17, 15) is 9.90 Å². The number of rotatable bonds is 6. The van der Waals surface area contributed by atoms with Crippen LogP contribution in [0.15, 0.2) is 30.3 Å². The average Bonchev–Trinajstić information content (AvgIpc) is 2.90. The summed E-state index contributed by atoms with van der Waals surface area (Å²) in [5, 5.41) is 9.48. The number of methoxy groups -OCH3 is 2. The van der Waals surface area contributed by atoms with Gasteiger partial charge in [0.1, 0.15) is 11.5 Å². The van der Waals surface area contributed by atoms with Crippen molar-refractivity contribution in [2.45, 2.75) is 12.3 Å². The van der Waals surface area contributed by atoms with Crippen molar-refractivity contribution in [2.24, 2.45) is 0 Å². The fraction of sp³-hybridized carbons (Fsp3) is 0.267. The van der Waals surface area contributed by atoms with E-state index < -0.39 is 11.9 Å². The van der Waals surface area contributed by atoms with Crippen LogP contribution in [0.5, 0.6) is 11.5 Å². The van der Waals surface area contributed by atoms with Crippen molar-refractivity contribution in [2.75, 3.05) is 14.2 Å². The van der Waals surface area contributed by atoms with Crippen LogP contribution in [0.4, 0.5) is 0 Å². The number of aliphatic carboxylic acids is 1. The molecule has 0 saturated heterocycles. The van der Waals surface area contributed by atoms with E-state index in [0.29, 0.717) is 22.3 Å². The van der Waals surface area contributed by atoms with Crippen LogP contribution in [0.25, 0.3) is 0 Å². The van der Waals surface area contributed by atoms with Gasteiger partial charge in [-0.2, -0.15) is 0 Å². The molecule has 0 aliphatic heterocycles. The van der Waals surface area contributed by atoms with Crippen molar-refractivity contribution >= 4 is 28.9 Å². The number of benzene rings is 1. The lowest BCUT2D eigenvalue weighted by Crippen LogP contribution is -2.13. The van der Waals surface area contributed by atoms with E-state index in [0.717, 1.165) is 10.4 Å². The van der Waals surface area contributed by atoms with Gasteiger partial charge in [-0.05, 0) is 42.3 Å². The van der Waals surface area contributed by atoms with Crippen LogP contribution in [0.2, 0.25) is 4.34 Å². The largest absolute Gasteiger partial charge is 0.497 e. The second-order valence-corrected chi connectivity index (χ2v) is 6.16. The summed E-state index contributed by atoms with van der Waals surface area (Å²) in [6, 6.07) is 8.80. The molecule has 21 heavy (non-hydrogen) atoms. The summed E-state index contributed by atoms with van der Waals surface area (Å²) in [6.07, 6.45) is 0.312. The number of ether oxygens (including phenoxy) is 2. The fourth-order valence-corrected chi connectivity index (χ4v) is 3.24. The number of hydrogen-bond acceptors (Lipinski definition) is 4. The molecular weight excluding hydrogens is 312 g/mol. The first-order valence-electron chi connectivity index (χ1n) is 6.24. The lowest BCUT2D eigenvalue weighted by atomic mass is 9.97. The molecule has 1 aromatic heterocycles. The number of carboxylic acids is 1. The summed E-state index contributed by atoms with van der Waals surface area (Å²) in [6.45, 7) is 0. The maximum atomic E-state index is 11.6. The molecule has 2 rings (SSSR count). The summed E-state index contributed by atoms with van der Waals surface area (Å²) < 4.78 is 11.1. The lowest BCUT2D eigenvalue weighted by Gasteiger charge is -2.14. The van der Waals surface area contributed by atoms with Gasteiger partial charge in [0.25, 0.3) is 0 Å². The first-order valence-corrected chi connectivity index (χ1v) is 7.43. The number of carbonyl (C=O) groups is 1. The van der Waals surface area contributed by atoms with E-state index >= 15 is 0 Å².